The zero-order valence-corrected chi connectivity index (χ0v) is 16.9. The summed E-state index contributed by atoms with van der Waals surface area (Å²) in [6.45, 7) is 9.10. The maximum atomic E-state index is 12.6. The van der Waals surface area contributed by atoms with Crippen molar-refractivity contribution in [2.24, 2.45) is 10.9 Å². The third kappa shape index (κ3) is 5.02. The van der Waals surface area contributed by atoms with Crippen molar-refractivity contribution >= 4 is 11.9 Å². The SMILES string of the molecule is CCNC(=NCCc1c(C)noc1C)NC1CCN(C(=O)C2CCCC2)C1. The first-order valence-electron chi connectivity index (χ1n) is 10.3. The first-order chi connectivity index (χ1) is 13.1. The summed E-state index contributed by atoms with van der Waals surface area (Å²) in [5.74, 6) is 2.32. The molecular weight excluding hydrogens is 342 g/mol. The van der Waals surface area contributed by atoms with Gasteiger partial charge < -0.3 is 20.1 Å². The quantitative estimate of drug-likeness (QED) is 0.588. The number of aliphatic imine (C=N–C) groups is 1. The van der Waals surface area contributed by atoms with Gasteiger partial charge in [-0.3, -0.25) is 9.79 Å². The van der Waals surface area contributed by atoms with Crippen molar-refractivity contribution in [1.29, 1.82) is 0 Å². The van der Waals surface area contributed by atoms with Crippen molar-refractivity contribution in [2.45, 2.75) is 65.3 Å². The van der Waals surface area contributed by atoms with Crippen LogP contribution in [0.15, 0.2) is 9.52 Å². The molecule has 2 fully saturated rings. The van der Waals surface area contributed by atoms with E-state index < -0.39 is 0 Å². The second-order valence-corrected chi connectivity index (χ2v) is 7.71. The lowest BCUT2D eigenvalue weighted by molar-refractivity contribution is -0.134. The van der Waals surface area contributed by atoms with Crippen LogP contribution in [-0.4, -0.2) is 54.1 Å². The normalized spacial score (nSPS) is 21.1. The highest BCUT2D eigenvalue weighted by Crippen LogP contribution is 2.27. The summed E-state index contributed by atoms with van der Waals surface area (Å²) >= 11 is 0. The molecule has 2 N–H and O–H groups in total. The molecule has 1 aliphatic carbocycles. The van der Waals surface area contributed by atoms with E-state index >= 15 is 0 Å². The number of nitrogens with zero attached hydrogens (tertiary/aromatic N) is 3. The molecule has 1 aliphatic heterocycles. The number of rotatable bonds is 6. The van der Waals surface area contributed by atoms with Crippen LogP contribution in [0.25, 0.3) is 0 Å². The molecule has 2 heterocycles. The number of aromatic nitrogens is 1. The van der Waals surface area contributed by atoms with Gasteiger partial charge in [-0.25, -0.2) is 0 Å². The average Bonchev–Trinajstić information content (AvgIpc) is 3.39. The van der Waals surface area contributed by atoms with Crippen molar-refractivity contribution in [1.82, 2.24) is 20.7 Å². The molecule has 3 rings (SSSR count). The van der Waals surface area contributed by atoms with Gasteiger partial charge >= 0.3 is 0 Å². The molecule has 7 nitrogen and oxygen atoms in total. The number of amides is 1. The standard InChI is InChI=1S/C20H33N5O2/c1-4-21-20(22-11-9-18-14(2)24-27-15(18)3)23-17-10-12-25(13-17)19(26)16-7-5-6-8-16/h16-17H,4-13H2,1-3H3,(H2,21,22,23). The molecule has 1 aromatic rings. The Labute approximate surface area is 162 Å². The van der Waals surface area contributed by atoms with Crippen LogP contribution >= 0.6 is 0 Å². The van der Waals surface area contributed by atoms with Crippen LogP contribution in [0.3, 0.4) is 0 Å². The van der Waals surface area contributed by atoms with Gasteiger partial charge in [-0.2, -0.15) is 0 Å². The molecule has 2 aliphatic rings. The molecule has 0 radical (unpaired) electrons. The third-order valence-corrected chi connectivity index (χ3v) is 5.70. The predicted molar refractivity (Wildman–Crippen MR) is 106 cm³/mol. The van der Waals surface area contributed by atoms with Crippen LogP contribution in [-0.2, 0) is 11.2 Å². The van der Waals surface area contributed by atoms with E-state index in [0.717, 1.165) is 68.3 Å². The Morgan fingerprint density at radius 1 is 1.30 bits per heavy atom. The number of carbonyl (C=O) groups is 1. The topological polar surface area (TPSA) is 82.8 Å². The Morgan fingerprint density at radius 3 is 2.74 bits per heavy atom. The van der Waals surface area contributed by atoms with Gasteiger partial charge in [-0.05, 0) is 46.5 Å². The van der Waals surface area contributed by atoms with E-state index in [0.29, 0.717) is 12.5 Å². The number of aryl methyl sites for hydroxylation is 2. The Balaban J connectivity index is 1.51. The van der Waals surface area contributed by atoms with Crippen molar-refractivity contribution < 1.29 is 9.32 Å². The van der Waals surface area contributed by atoms with E-state index in [1.54, 1.807) is 0 Å². The lowest BCUT2D eigenvalue weighted by Gasteiger charge is -2.21. The minimum atomic E-state index is 0.265. The maximum Gasteiger partial charge on any atom is 0.225 e. The molecule has 1 unspecified atom stereocenters. The van der Waals surface area contributed by atoms with Gasteiger partial charge in [-0.15, -0.1) is 0 Å². The number of hydrogen-bond acceptors (Lipinski definition) is 4. The lowest BCUT2D eigenvalue weighted by Crippen LogP contribution is -2.45. The second kappa shape index (κ2) is 9.24. The first kappa shape index (κ1) is 19.7. The Bertz CT molecular complexity index is 644. The third-order valence-electron chi connectivity index (χ3n) is 5.70. The number of guanidine groups is 1. The van der Waals surface area contributed by atoms with Gasteiger partial charge in [0.25, 0.3) is 0 Å². The van der Waals surface area contributed by atoms with Crippen LogP contribution in [0, 0.1) is 19.8 Å². The van der Waals surface area contributed by atoms with Crippen LogP contribution in [0.2, 0.25) is 0 Å². The molecule has 1 amide bonds. The van der Waals surface area contributed by atoms with Crippen LogP contribution in [0.5, 0.6) is 0 Å². The minimum absolute atomic E-state index is 0.265. The highest BCUT2D eigenvalue weighted by molar-refractivity contribution is 5.81. The molecule has 1 saturated heterocycles. The lowest BCUT2D eigenvalue weighted by atomic mass is 10.1. The first-order valence-corrected chi connectivity index (χ1v) is 10.3. The molecule has 7 heteroatoms. The number of nitrogens with one attached hydrogen (secondary N) is 2. The van der Waals surface area contributed by atoms with E-state index in [4.69, 9.17) is 9.52 Å². The van der Waals surface area contributed by atoms with Crippen molar-refractivity contribution in [3.63, 3.8) is 0 Å². The molecule has 1 aromatic heterocycles. The zero-order valence-electron chi connectivity index (χ0n) is 16.9. The van der Waals surface area contributed by atoms with E-state index in [-0.39, 0.29) is 12.0 Å². The molecule has 150 valence electrons. The summed E-state index contributed by atoms with van der Waals surface area (Å²) in [5, 5.41) is 10.8. The monoisotopic (exact) mass is 375 g/mol. The summed E-state index contributed by atoms with van der Waals surface area (Å²) in [4.78, 5) is 19.4. The second-order valence-electron chi connectivity index (χ2n) is 7.71. The highest BCUT2D eigenvalue weighted by Gasteiger charge is 2.32. The van der Waals surface area contributed by atoms with E-state index in [1.807, 2.05) is 18.7 Å². The van der Waals surface area contributed by atoms with Gasteiger partial charge in [0.1, 0.15) is 5.76 Å². The molecule has 0 spiro atoms. The highest BCUT2D eigenvalue weighted by atomic mass is 16.5. The van der Waals surface area contributed by atoms with E-state index in [2.05, 4.69) is 22.7 Å². The number of likely N-dealkylation sites (tertiary alicyclic amines) is 1. The molecule has 0 bridgehead atoms. The fourth-order valence-electron chi connectivity index (χ4n) is 4.16. The Hall–Kier alpha value is -2.05. The summed E-state index contributed by atoms with van der Waals surface area (Å²) in [6, 6.07) is 0.271. The molecule has 0 aromatic carbocycles. The van der Waals surface area contributed by atoms with Crippen LogP contribution in [0.1, 0.15) is 56.0 Å². The summed E-state index contributed by atoms with van der Waals surface area (Å²) in [6.07, 6.45) is 6.34. The maximum absolute atomic E-state index is 12.6. The smallest absolute Gasteiger partial charge is 0.225 e. The van der Waals surface area contributed by atoms with Gasteiger partial charge in [0, 0.05) is 43.7 Å². The van der Waals surface area contributed by atoms with Crippen molar-refractivity contribution in [3.8, 4) is 0 Å². The fourth-order valence-corrected chi connectivity index (χ4v) is 4.16. The fraction of sp³-hybridized carbons (Fsp3) is 0.750. The van der Waals surface area contributed by atoms with Crippen LogP contribution in [0.4, 0.5) is 0 Å². The Morgan fingerprint density at radius 2 is 2.07 bits per heavy atom. The Kier molecular flexibility index (Phi) is 6.74. The molecule has 1 atom stereocenters. The van der Waals surface area contributed by atoms with Crippen LogP contribution < -0.4 is 10.6 Å². The number of carbonyl (C=O) groups excluding carboxylic acids is 1. The minimum Gasteiger partial charge on any atom is -0.361 e. The van der Waals surface area contributed by atoms with Gasteiger partial charge in [-0.1, -0.05) is 18.0 Å². The summed E-state index contributed by atoms with van der Waals surface area (Å²) in [5.41, 5.74) is 2.08. The average molecular weight is 376 g/mol. The van der Waals surface area contributed by atoms with Gasteiger partial charge in [0.2, 0.25) is 5.91 Å². The van der Waals surface area contributed by atoms with Crippen molar-refractivity contribution in [3.05, 3.63) is 17.0 Å². The molecular formula is C20H33N5O2. The van der Waals surface area contributed by atoms with Gasteiger partial charge in [0.15, 0.2) is 5.96 Å². The summed E-state index contributed by atoms with van der Waals surface area (Å²) in [7, 11) is 0. The van der Waals surface area contributed by atoms with E-state index in [1.165, 1.54) is 12.8 Å². The predicted octanol–water partition coefficient (Wildman–Crippen LogP) is 2.18. The molecule has 27 heavy (non-hydrogen) atoms. The molecule has 1 saturated carbocycles. The number of hydrogen-bond donors (Lipinski definition) is 2. The summed E-state index contributed by atoms with van der Waals surface area (Å²) < 4.78 is 5.22. The largest absolute Gasteiger partial charge is 0.361 e. The van der Waals surface area contributed by atoms with Gasteiger partial charge in [0.05, 0.1) is 5.69 Å². The zero-order chi connectivity index (χ0) is 19.2. The van der Waals surface area contributed by atoms with E-state index in [9.17, 15) is 4.79 Å². The van der Waals surface area contributed by atoms with Crippen molar-refractivity contribution in [2.75, 3.05) is 26.2 Å².